The van der Waals surface area contributed by atoms with Crippen molar-refractivity contribution in [3.63, 3.8) is 0 Å². The normalized spacial score (nSPS) is 9.90. The number of hydrogen-bond acceptors (Lipinski definition) is 1. The molecular formula is C7H7BrIN. The summed E-state index contributed by atoms with van der Waals surface area (Å²) >= 11 is 5.69. The maximum Gasteiger partial charge on any atom is 0.0230 e. The number of rotatable bonds is 1. The van der Waals surface area contributed by atoms with E-state index in [0.717, 1.165) is 10.0 Å². The Hall–Kier alpha value is 0.390. The van der Waals surface area contributed by atoms with Gasteiger partial charge in [-0.15, -0.1) is 0 Å². The van der Waals surface area contributed by atoms with Gasteiger partial charge in [-0.1, -0.05) is 22.0 Å². The minimum atomic E-state index is 0.595. The highest BCUT2D eigenvalue weighted by Gasteiger charge is 1.96. The monoisotopic (exact) mass is 311 g/mol. The lowest BCUT2D eigenvalue weighted by molar-refractivity contribution is 1.06. The van der Waals surface area contributed by atoms with Crippen LogP contribution in [0.15, 0.2) is 22.7 Å². The SMILES string of the molecule is NCc1ccc(I)cc1Br. The summed E-state index contributed by atoms with van der Waals surface area (Å²) in [6.07, 6.45) is 0. The van der Waals surface area contributed by atoms with Crippen molar-refractivity contribution in [2.75, 3.05) is 0 Å². The second-order valence-corrected chi connectivity index (χ2v) is 4.04. The van der Waals surface area contributed by atoms with E-state index in [9.17, 15) is 0 Å². The van der Waals surface area contributed by atoms with Crippen molar-refractivity contribution in [1.29, 1.82) is 0 Å². The molecule has 0 saturated heterocycles. The van der Waals surface area contributed by atoms with Crippen LogP contribution in [0.2, 0.25) is 0 Å². The van der Waals surface area contributed by atoms with Gasteiger partial charge in [0.15, 0.2) is 0 Å². The first kappa shape index (κ1) is 8.49. The molecule has 1 nitrogen and oxygen atoms in total. The molecule has 1 aromatic carbocycles. The first-order chi connectivity index (χ1) is 4.74. The minimum absolute atomic E-state index is 0.595. The van der Waals surface area contributed by atoms with Crippen LogP contribution >= 0.6 is 38.5 Å². The molecule has 0 heterocycles. The summed E-state index contributed by atoms with van der Waals surface area (Å²) < 4.78 is 2.32. The van der Waals surface area contributed by atoms with Gasteiger partial charge in [0.25, 0.3) is 0 Å². The second kappa shape index (κ2) is 3.69. The molecule has 0 bridgehead atoms. The summed E-state index contributed by atoms with van der Waals surface area (Å²) in [7, 11) is 0. The largest absolute Gasteiger partial charge is 0.326 e. The molecule has 2 N–H and O–H groups in total. The molecule has 0 saturated carbocycles. The number of halogens is 2. The van der Waals surface area contributed by atoms with E-state index in [1.54, 1.807) is 0 Å². The third-order valence-corrected chi connectivity index (χ3v) is 2.64. The average molecular weight is 312 g/mol. The molecule has 10 heavy (non-hydrogen) atoms. The van der Waals surface area contributed by atoms with Crippen molar-refractivity contribution >= 4 is 38.5 Å². The predicted molar refractivity (Wildman–Crippen MR) is 54.8 cm³/mol. The number of hydrogen-bond donors (Lipinski definition) is 1. The highest BCUT2D eigenvalue weighted by Crippen LogP contribution is 2.18. The molecule has 0 spiro atoms. The van der Waals surface area contributed by atoms with Crippen LogP contribution in [0.25, 0.3) is 0 Å². The lowest BCUT2D eigenvalue weighted by atomic mass is 10.2. The van der Waals surface area contributed by atoms with Crippen molar-refractivity contribution in [3.05, 3.63) is 31.8 Å². The Labute approximate surface area is 82.3 Å². The average Bonchev–Trinajstić information content (AvgIpc) is 1.88. The molecule has 0 amide bonds. The van der Waals surface area contributed by atoms with Crippen LogP contribution in [0.5, 0.6) is 0 Å². The summed E-state index contributed by atoms with van der Waals surface area (Å²) in [5, 5.41) is 0. The van der Waals surface area contributed by atoms with E-state index < -0.39 is 0 Å². The maximum absolute atomic E-state index is 5.47. The van der Waals surface area contributed by atoms with Gasteiger partial charge in [-0.05, 0) is 40.3 Å². The quantitative estimate of drug-likeness (QED) is 0.792. The summed E-state index contributed by atoms with van der Waals surface area (Å²) in [6, 6.07) is 6.14. The van der Waals surface area contributed by atoms with Crippen LogP contribution in [-0.2, 0) is 6.54 Å². The Morgan fingerprint density at radius 2 is 2.20 bits per heavy atom. The highest BCUT2D eigenvalue weighted by atomic mass is 127. The lowest BCUT2D eigenvalue weighted by Crippen LogP contribution is -1.96. The Morgan fingerprint density at radius 1 is 1.50 bits per heavy atom. The topological polar surface area (TPSA) is 26.0 Å². The first-order valence-electron chi connectivity index (χ1n) is 2.88. The van der Waals surface area contributed by atoms with Crippen LogP contribution in [-0.4, -0.2) is 0 Å². The molecule has 54 valence electrons. The van der Waals surface area contributed by atoms with Gasteiger partial charge in [0.2, 0.25) is 0 Å². The van der Waals surface area contributed by atoms with E-state index >= 15 is 0 Å². The van der Waals surface area contributed by atoms with Crippen molar-refractivity contribution in [3.8, 4) is 0 Å². The number of benzene rings is 1. The summed E-state index contributed by atoms with van der Waals surface area (Å²) in [5.41, 5.74) is 6.62. The van der Waals surface area contributed by atoms with Gasteiger partial charge >= 0.3 is 0 Å². The smallest absolute Gasteiger partial charge is 0.0230 e. The fourth-order valence-electron chi connectivity index (χ4n) is 0.687. The molecule has 0 radical (unpaired) electrons. The molecular weight excluding hydrogens is 305 g/mol. The zero-order valence-electron chi connectivity index (χ0n) is 5.27. The molecule has 1 aromatic rings. The van der Waals surface area contributed by atoms with E-state index in [1.165, 1.54) is 3.57 Å². The fourth-order valence-corrected chi connectivity index (χ4v) is 2.15. The van der Waals surface area contributed by atoms with Gasteiger partial charge in [-0.3, -0.25) is 0 Å². The van der Waals surface area contributed by atoms with Gasteiger partial charge in [0.1, 0.15) is 0 Å². The summed E-state index contributed by atoms with van der Waals surface area (Å²) in [4.78, 5) is 0. The van der Waals surface area contributed by atoms with Gasteiger partial charge in [0.05, 0.1) is 0 Å². The molecule has 1 rings (SSSR count). The third kappa shape index (κ3) is 1.93. The predicted octanol–water partition coefficient (Wildman–Crippen LogP) is 2.51. The molecule has 0 aliphatic heterocycles. The van der Waals surface area contributed by atoms with Crippen LogP contribution < -0.4 is 5.73 Å². The minimum Gasteiger partial charge on any atom is -0.326 e. The van der Waals surface area contributed by atoms with E-state index in [1.807, 2.05) is 12.1 Å². The fraction of sp³-hybridized carbons (Fsp3) is 0.143. The van der Waals surface area contributed by atoms with Gasteiger partial charge in [0, 0.05) is 14.6 Å². The van der Waals surface area contributed by atoms with Crippen LogP contribution in [0.4, 0.5) is 0 Å². The lowest BCUT2D eigenvalue weighted by Gasteiger charge is -1.99. The Bertz CT molecular complexity index is 237. The molecule has 0 unspecified atom stereocenters. The molecule has 0 aromatic heterocycles. The van der Waals surface area contributed by atoms with Crippen LogP contribution in [0, 0.1) is 3.57 Å². The van der Waals surface area contributed by atoms with Crippen molar-refractivity contribution in [2.45, 2.75) is 6.54 Å². The molecule has 0 fully saturated rings. The van der Waals surface area contributed by atoms with Crippen LogP contribution in [0.1, 0.15) is 5.56 Å². The van der Waals surface area contributed by atoms with Crippen molar-refractivity contribution in [2.24, 2.45) is 5.73 Å². The van der Waals surface area contributed by atoms with Gasteiger partial charge in [-0.2, -0.15) is 0 Å². The number of nitrogens with two attached hydrogens (primary N) is 1. The van der Waals surface area contributed by atoms with E-state index in [2.05, 4.69) is 44.6 Å². The van der Waals surface area contributed by atoms with Crippen LogP contribution in [0.3, 0.4) is 0 Å². The van der Waals surface area contributed by atoms with Gasteiger partial charge < -0.3 is 5.73 Å². The molecule has 0 aliphatic carbocycles. The Balaban J connectivity index is 3.07. The third-order valence-electron chi connectivity index (χ3n) is 1.24. The van der Waals surface area contributed by atoms with E-state index in [-0.39, 0.29) is 0 Å². The first-order valence-corrected chi connectivity index (χ1v) is 4.75. The maximum atomic E-state index is 5.47. The second-order valence-electron chi connectivity index (χ2n) is 1.94. The zero-order chi connectivity index (χ0) is 7.56. The highest BCUT2D eigenvalue weighted by molar-refractivity contribution is 14.1. The van der Waals surface area contributed by atoms with Crippen molar-refractivity contribution in [1.82, 2.24) is 0 Å². The summed E-state index contributed by atoms with van der Waals surface area (Å²) in [6.45, 7) is 0.595. The summed E-state index contributed by atoms with van der Waals surface area (Å²) in [5.74, 6) is 0. The van der Waals surface area contributed by atoms with Crippen molar-refractivity contribution < 1.29 is 0 Å². The zero-order valence-corrected chi connectivity index (χ0v) is 9.02. The molecule has 3 heteroatoms. The molecule has 0 aliphatic rings. The van der Waals surface area contributed by atoms with Gasteiger partial charge in [-0.25, -0.2) is 0 Å². The molecule has 0 atom stereocenters. The Morgan fingerprint density at radius 3 is 2.70 bits per heavy atom. The van der Waals surface area contributed by atoms with E-state index in [4.69, 9.17) is 5.73 Å². The van der Waals surface area contributed by atoms with E-state index in [0.29, 0.717) is 6.54 Å². The Kier molecular flexibility index (Phi) is 3.13. The standard InChI is InChI=1S/C7H7BrIN/c8-7-3-6(9)2-1-5(7)4-10/h1-3H,4,10H2.